The lowest BCUT2D eigenvalue weighted by Crippen LogP contribution is -2.29. The molecule has 0 radical (unpaired) electrons. The summed E-state index contributed by atoms with van der Waals surface area (Å²) in [4.78, 5) is 27.6. The first-order chi connectivity index (χ1) is 15.8. The Kier molecular flexibility index (Phi) is 5.87. The van der Waals surface area contributed by atoms with Gasteiger partial charge in [0.05, 0.1) is 25.8 Å². The van der Waals surface area contributed by atoms with Crippen LogP contribution in [0.1, 0.15) is 22.7 Å². The highest BCUT2D eigenvalue weighted by atomic mass is 19.1. The lowest BCUT2D eigenvalue weighted by Gasteiger charge is -2.25. The second kappa shape index (κ2) is 8.78. The molecule has 1 amide bonds. The number of aryl methyl sites for hydroxylation is 1. The molecule has 1 saturated heterocycles. The van der Waals surface area contributed by atoms with Crippen LogP contribution < -0.4 is 14.4 Å². The number of Topliss-reactive ketones (excluding diaryl/α,β-unsaturated/α-hetero) is 1. The highest BCUT2D eigenvalue weighted by molar-refractivity contribution is 6.51. The van der Waals surface area contributed by atoms with Gasteiger partial charge < -0.3 is 14.6 Å². The van der Waals surface area contributed by atoms with E-state index in [4.69, 9.17) is 9.47 Å². The van der Waals surface area contributed by atoms with Crippen LogP contribution in [0.4, 0.5) is 10.1 Å². The third-order valence-corrected chi connectivity index (χ3v) is 5.67. The summed E-state index contributed by atoms with van der Waals surface area (Å²) in [5, 5.41) is 11.2. The highest BCUT2D eigenvalue weighted by Crippen LogP contribution is 2.43. The number of methoxy groups -OCH3 is 2. The largest absolute Gasteiger partial charge is 0.507 e. The van der Waals surface area contributed by atoms with Crippen LogP contribution in [0.15, 0.2) is 72.3 Å². The minimum absolute atomic E-state index is 0.0530. The van der Waals surface area contributed by atoms with E-state index in [0.717, 1.165) is 0 Å². The van der Waals surface area contributed by atoms with Gasteiger partial charge in [0.1, 0.15) is 23.1 Å². The van der Waals surface area contributed by atoms with Crippen molar-refractivity contribution in [3.63, 3.8) is 0 Å². The van der Waals surface area contributed by atoms with Crippen molar-refractivity contribution >= 4 is 23.1 Å². The van der Waals surface area contributed by atoms with E-state index in [2.05, 4.69) is 0 Å². The van der Waals surface area contributed by atoms with Crippen molar-refractivity contribution in [1.29, 1.82) is 0 Å². The molecule has 1 aliphatic heterocycles. The van der Waals surface area contributed by atoms with Crippen molar-refractivity contribution < 1.29 is 28.6 Å². The van der Waals surface area contributed by atoms with Gasteiger partial charge in [0.2, 0.25) is 0 Å². The average Bonchev–Trinajstić information content (AvgIpc) is 3.09. The zero-order chi connectivity index (χ0) is 23.7. The first-order valence-corrected chi connectivity index (χ1v) is 10.2. The van der Waals surface area contributed by atoms with E-state index in [-0.39, 0.29) is 11.3 Å². The van der Waals surface area contributed by atoms with Gasteiger partial charge in [-0.2, -0.15) is 0 Å². The van der Waals surface area contributed by atoms with Crippen LogP contribution in [0.25, 0.3) is 5.76 Å². The maximum absolute atomic E-state index is 13.5. The molecule has 0 spiro atoms. The molecular formula is C26H22FNO5. The van der Waals surface area contributed by atoms with Crippen LogP contribution in [-0.2, 0) is 9.59 Å². The smallest absolute Gasteiger partial charge is 0.300 e. The average molecular weight is 447 g/mol. The predicted octanol–water partition coefficient (Wildman–Crippen LogP) is 4.78. The Bertz CT molecular complexity index is 1250. The first-order valence-electron chi connectivity index (χ1n) is 10.2. The second-order valence-corrected chi connectivity index (χ2v) is 7.60. The van der Waals surface area contributed by atoms with Crippen molar-refractivity contribution in [1.82, 2.24) is 0 Å². The van der Waals surface area contributed by atoms with Gasteiger partial charge in [-0.1, -0.05) is 12.1 Å². The van der Waals surface area contributed by atoms with E-state index < -0.39 is 23.5 Å². The number of benzene rings is 3. The SMILES string of the molecule is COc1ccc(C2/C(=C(/O)c3ccc(OC)cc3C)C(=O)C(=O)N2c2ccc(F)cc2)cc1. The van der Waals surface area contributed by atoms with Gasteiger partial charge in [0.15, 0.2) is 0 Å². The molecule has 1 atom stereocenters. The van der Waals surface area contributed by atoms with Crippen molar-refractivity contribution in [3.05, 3.63) is 94.8 Å². The Morgan fingerprint density at radius 1 is 0.909 bits per heavy atom. The molecule has 33 heavy (non-hydrogen) atoms. The molecule has 1 heterocycles. The van der Waals surface area contributed by atoms with Crippen LogP contribution in [0.2, 0.25) is 0 Å². The van der Waals surface area contributed by atoms with Gasteiger partial charge in [-0.3, -0.25) is 14.5 Å². The fourth-order valence-corrected chi connectivity index (χ4v) is 3.98. The lowest BCUT2D eigenvalue weighted by atomic mass is 9.93. The van der Waals surface area contributed by atoms with E-state index in [1.807, 2.05) is 0 Å². The number of carbonyl (C=O) groups excluding carboxylic acids is 2. The number of ether oxygens (including phenoxy) is 2. The quantitative estimate of drug-likeness (QED) is 0.346. The van der Waals surface area contributed by atoms with Crippen molar-refractivity contribution in [2.45, 2.75) is 13.0 Å². The number of hydrogen-bond acceptors (Lipinski definition) is 5. The van der Waals surface area contributed by atoms with E-state index >= 15 is 0 Å². The number of aliphatic hydroxyl groups is 1. The van der Waals surface area contributed by atoms with Gasteiger partial charge in [0, 0.05) is 11.3 Å². The number of hydrogen-bond donors (Lipinski definition) is 1. The number of amides is 1. The van der Waals surface area contributed by atoms with E-state index in [9.17, 15) is 19.1 Å². The Hall–Kier alpha value is -4.13. The van der Waals surface area contributed by atoms with Crippen LogP contribution >= 0.6 is 0 Å². The highest BCUT2D eigenvalue weighted by Gasteiger charge is 2.47. The predicted molar refractivity (Wildman–Crippen MR) is 122 cm³/mol. The fourth-order valence-electron chi connectivity index (χ4n) is 3.98. The summed E-state index contributed by atoms with van der Waals surface area (Å²) in [6.07, 6.45) is 0. The Morgan fingerprint density at radius 2 is 1.52 bits per heavy atom. The molecule has 1 aliphatic rings. The zero-order valence-electron chi connectivity index (χ0n) is 18.3. The van der Waals surface area contributed by atoms with Crippen LogP contribution in [0.3, 0.4) is 0 Å². The summed E-state index contributed by atoms with van der Waals surface area (Å²) in [6.45, 7) is 1.77. The number of aliphatic hydroxyl groups excluding tert-OH is 1. The molecule has 0 saturated carbocycles. The minimum atomic E-state index is -0.914. The summed E-state index contributed by atoms with van der Waals surface area (Å²) < 4.78 is 24.0. The second-order valence-electron chi connectivity index (χ2n) is 7.60. The molecule has 0 aliphatic carbocycles. The van der Waals surface area contributed by atoms with Gasteiger partial charge in [-0.05, 0) is 72.6 Å². The van der Waals surface area contributed by atoms with E-state index in [1.165, 1.54) is 43.4 Å². The first kappa shape index (κ1) is 22.1. The number of anilines is 1. The van der Waals surface area contributed by atoms with E-state index in [1.54, 1.807) is 49.4 Å². The maximum atomic E-state index is 13.5. The molecule has 3 aromatic rings. The number of ketones is 1. The maximum Gasteiger partial charge on any atom is 0.300 e. The van der Waals surface area contributed by atoms with Crippen LogP contribution in [0, 0.1) is 12.7 Å². The molecule has 0 aromatic heterocycles. The fraction of sp³-hybridized carbons (Fsp3) is 0.154. The minimum Gasteiger partial charge on any atom is -0.507 e. The van der Waals surface area contributed by atoms with Crippen molar-refractivity contribution in [2.24, 2.45) is 0 Å². The Morgan fingerprint density at radius 3 is 2.09 bits per heavy atom. The summed E-state index contributed by atoms with van der Waals surface area (Å²) in [5.74, 6) is -1.20. The normalized spacial score (nSPS) is 17.3. The molecule has 7 heteroatoms. The molecule has 1 fully saturated rings. The summed E-state index contributed by atoms with van der Waals surface area (Å²) >= 11 is 0. The zero-order valence-corrected chi connectivity index (χ0v) is 18.3. The molecule has 1 unspecified atom stereocenters. The molecule has 0 bridgehead atoms. The van der Waals surface area contributed by atoms with Crippen LogP contribution in [0.5, 0.6) is 11.5 Å². The number of halogens is 1. The van der Waals surface area contributed by atoms with Crippen molar-refractivity contribution in [3.8, 4) is 11.5 Å². The molecule has 6 nitrogen and oxygen atoms in total. The molecular weight excluding hydrogens is 425 g/mol. The topological polar surface area (TPSA) is 76.1 Å². The van der Waals surface area contributed by atoms with E-state index in [0.29, 0.717) is 33.9 Å². The lowest BCUT2D eigenvalue weighted by molar-refractivity contribution is -0.132. The van der Waals surface area contributed by atoms with Gasteiger partial charge in [-0.25, -0.2) is 4.39 Å². The monoisotopic (exact) mass is 447 g/mol. The third kappa shape index (κ3) is 3.93. The van der Waals surface area contributed by atoms with Crippen LogP contribution in [-0.4, -0.2) is 31.0 Å². The number of carbonyl (C=O) groups is 2. The molecule has 3 aromatic carbocycles. The number of nitrogens with zero attached hydrogens (tertiary/aromatic N) is 1. The standard InChI is InChI=1S/C26H22FNO5/c1-15-14-20(33-3)12-13-21(15)24(29)22-23(16-4-10-19(32-2)11-5-16)28(26(31)25(22)30)18-8-6-17(27)7-9-18/h4-14,23,29H,1-3H3/b24-22-. The molecule has 4 rings (SSSR count). The van der Waals surface area contributed by atoms with Gasteiger partial charge >= 0.3 is 0 Å². The Balaban J connectivity index is 1.93. The summed E-state index contributed by atoms with van der Waals surface area (Å²) in [5.41, 5.74) is 1.96. The molecule has 168 valence electrons. The van der Waals surface area contributed by atoms with Gasteiger partial charge in [0.25, 0.3) is 11.7 Å². The third-order valence-electron chi connectivity index (χ3n) is 5.67. The van der Waals surface area contributed by atoms with Crippen molar-refractivity contribution in [2.75, 3.05) is 19.1 Å². The number of rotatable bonds is 5. The Labute approximate surface area is 190 Å². The summed E-state index contributed by atoms with van der Waals surface area (Å²) in [7, 11) is 3.07. The summed E-state index contributed by atoms with van der Waals surface area (Å²) in [6, 6.07) is 16.3. The van der Waals surface area contributed by atoms with Gasteiger partial charge in [-0.15, -0.1) is 0 Å². The molecule has 1 N–H and O–H groups in total.